The Kier molecular flexibility index (Phi) is 8.81. The topological polar surface area (TPSA) is 141 Å². The van der Waals surface area contributed by atoms with E-state index in [4.69, 9.17) is 14.1 Å². The van der Waals surface area contributed by atoms with Crippen molar-refractivity contribution in [3.8, 4) is 11.5 Å². The molecular weight excluding hydrogens is 581 g/mol. The molecule has 0 fully saturated rings. The number of thiazole rings is 2. The number of nitrogens with one attached hydrogen (secondary N) is 2. The van der Waals surface area contributed by atoms with Gasteiger partial charge in [-0.15, -0.1) is 22.7 Å². The Hall–Kier alpha value is -3.40. The summed E-state index contributed by atoms with van der Waals surface area (Å²) in [6.45, 7) is 5.03. The van der Waals surface area contributed by atoms with Gasteiger partial charge in [-0.25, -0.2) is 14.6 Å². The monoisotopic (exact) mass is 602 g/mol. The third kappa shape index (κ3) is 6.98. The molecule has 202 valence electrons. The summed E-state index contributed by atoms with van der Waals surface area (Å²) in [7, 11) is 0. The van der Waals surface area contributed by atoms with Gasteiger partial charge in [0, 0.05) is 0 Å². The number of aromatic nitrogens is 4. The molecule has 3 heterocycles. The van der Waals surface area contributed by atoms with Gasteiger partial charge < -0.3 is 20.1 Å². The van der Waals surface area contributed by atoms with Crippen molar-refractivity contribution >= 4 is 90.1 Å². The van der Waals surface area contributed by atoms with Crippen LogP contribution in [0.25, 0.3) is 20.4 Å². The first-order valence-corrected chi connectivity index (χ1v) is 15.4. The fourth-order valence-electron chi connectivity index (χ4n) is 3.35. The van der Waals surface area contributed by atoms with Gasteiger partial charge in [0.15, 0.2) is 8.68 Å². The lowest BCUT2D eigenvalue weighted by Gasteiger charge is -2.03. The van der Waals surface area contributed by atoms with Crippen LogP contribution in [0.5, 0.6) is 11.5 Å². The lowest BCUT2D eigenvalue weighted by Crippen LogP contribution is -2.18. The van der Waals surface area contributed by atoms with E-state index in [1.54, 1.807) is 0 Å². The Morgan fingerprint density at radius 2 is 1.26 bits per heavy atom. The van der Waals surface area contributed by atoms with Gasteiger partial charge in [0.1, 0.15) is 11.5 Å². The Bertz CT molecular complexity index is 1500. The highest BCUT2D eigenvalue weighted by molar-refractivity contribution is 8.02. The summed E-state index contributed by atoms with van der Waals surface area (Å²) in [5.74, 6) is 1.15. The van der Waals surface area contributed by atoms with Crippen LogP contribution in [0, 0.1) is 0 Å². The van der Waals surface area contributed by atoms with Gasteiger partial charge >= 0.3 is 0 Å². The van der Waals surface area contributed by atoms with E-state index in [0.717, 1.165) is 40.6 Å². The number of carbonyl (C=O) groups is 2. The zero-order valence-corrected chi connectivity index (χ0v) is 24.0. The molecule has 0 spiro atoms. The Morgan fingerprint density at radius 3 is 1.69 bits per heavy atom. The molecule has 39 heavy (non-hydrogen) atoms. The molecule has 0 bridgehead atoms. The first-order chi connectivity index (χ1) is 19.0. The van der Waals surface area contributed by atoms with E-state index < -0.39 is 0 Å². The highest BCUT2D eigenvalue weighted by atomic mass is 32.2. The number of ether oxygens (including phenoxy) is 2. The van der Waals surface area contributed by atoms with Crippen molar-refractivity contribution in [3.63, 3.8) is 0 Å². The summed E-state index contributed by atoms with van der Waals surface area (Å²) in [5, 5.41) is 12.6. The van der Waals surface area contributed by atoms with Gasteiger partial charge in [-0.05, 0) is 60.6 Å². The third-order valence-corrected chi connectivity index (χ3v) is 9.28. The molecule has 0 aliphatic rings. The summed E-state index contributed by atoms with van der Waals surface area (Å²) in [4.78, 5) is 34.1. The van der Waals surface area contributed by atoms with Crippen LogP contribution < -0.4 is 20.1 Å². The average Bonchev–Trinajstić information content (AvgIpc) is 3.64. The van der Waals surface area contributed by atoms with Gasteiger partial charge in [-0.2, -0.15) is 0 Å². The Labute approximate surface area is 239 Å². The maximum absolute atomic E-state index is 12.5. The molecule has 5 rings (SSSR count). The second kappa shape index (κ2) is 12.6. The molecule has 0 aliphatic heterocycles. The van der Waals surface area contributed by atoms with Crippen LogP contribution in [0.2, 0.25) is 0 Å². The predicted octanol–water partition coefficient (Wildman–Crippen LogP) is 5.55. The number of amides is 2. The van der Waals surface area contributed by atoms with Gasteiger partial charge in [0.05, 0.1) is 45.2 Å². The van der Waals surface area contributed by atoms with Crippen LogP contribution >= 0.6 is 46.2 Å². The van der Waals surface area contributed by atoms with E-state index in [-0.39, 0.29) is 35.0 Å². The van der Waals surface area contributed by atoms with Gasteiger partial charge in [0.2, 0.25) is 23.5 Å². The van der Waals surface area contributed by atoms with Crippen LogP contribution in [-0.2, 0) is 9.59 Å². The smallest absolute Gasteiger partial charge is 0.236 e. The van der Waals surface area contributed by atoms with Gasteiger partial charge in [-0.1, -0.05) is 23.5 Å². The van der Waals surface area contributed by atoms with E-state index in [0.29, 0.717) is 13.2 Å². The van der Waals surface area contributed by atoms with Crippen LogP contribution in [0.1, 0.15) is 13.8 Å². The number of carbonyl (C=O) groups excluding carboxylic acids is 2. The number of anilines is 2. The number of benzene rings is 2. The molecule has 0 atom stereocenters. The minimum atomic E-state index is -0.337. The maximum atomic E-state index is 12.5. The fourth-order valence-corrected chi connectivity index (χ4v) is 7.14. The summed E-state index contributed by atoms with van der Waals surface area (Å²) >= 11 is 5.56. The number of rotatable bonds is 12. The predicted molar refractivity (Wildman–Crippen MR) is 155 cm³/mol. The zero-order valence-electron chi connectivity index (χ0n) is 20.8. The summed E-state index contributed by atoms with van der Waals surface area (Å²) in [6, 6.07) is 11.4. The Morgan fingerprint density at radius 1 is 0.795 bits per heavy atom. The summed E-state index contributed by atoms with van der Waals surface area (Å²) in [5.41, 5.74) is 1.69. The molecule has 0 saturated heterocycles. The van der Waals surface area contributed by atoms with E-state index in [1.165, 1.54) is 46.2 Å². The molecule has 0 saturated carbocycles. The fraction of sp³-hybridized carbons (Fsp3) is 0.250. The van der Waals surface area contributed by atoms with E-state index in [2.05, 4.69) is 30.9 Å². The summed E-state index contributed by atoms with van der Waals surface area (Å²) < 4.78 is 19.2. The molecule has 2 amide bonds. The molecule has 0 unspecified atom stereocenters. The van der Waals surface area contributed by atoms with Gasteiger partial charge in [-0.3, -0.25) is 9.59 Å². The first kappa shape index (κ1) is 27.2. The van der Waals surface area contributed by atoms with Crippen LogP contribution in [0.15, 0.2) is 49.7 Å². The molecule has 3 aromatic heterocycles. The lowest BCUT2D eigenvalue weighted by molar-refractivity contribution is -0.114. The van der Waals surface area contributed by atoms with Crippen LogP contribution in [0.3, 0.4) is 0 Å². The quantitative estimate of drug-likeness (QED) is 0.174. The number of fused-ring (bicyclic) bond motifs is 2. The maximum Gasteiger partial charge on any atom is 0.236 e. The van der Waals surface area contributed by atoms with Crippen molar-refractivity contribution in [2.45, 2.75) is 22.5 Å². The number of nitrogens with zero attached hydrogens (tertiary/aromatic N) is 4. The average molecular weight is 603 g/mol. The minimum Gasteiger partial charge on any atom is -0.494 e. The molecule has 0 aliphatic carbocycles. The molecule has 2 N–H and O–H groups in total. The minimum absolute atomic E-state index is 0.0352. The summed E-state index contributed by atoms with van der Waals surface area (Å²) in [6.07, 6.45) is 0. The van der Waals surface area contributed by atoms with Crippen molar-refractivity contribution in [3.05, 3.63) is 36.4 Å². The van der Waals surface area contributed by atoms with Crippen LogP contribution in [-0.4, -0.2) is 56.8 Å². The largest absolute Gasteiger partial charge is 0.494 e. The lowest BCUT2D eigenvalue weighted by atomic mass is 10.3. The SMILES string of the molecule is CCOc1ccc2nc(SCC(=O)Nc3nonc3NC(=O)CSc3nc4ccc(OCC)cc4s3)sc2c1. The van der Waals surface area contributed by atoms with Crippen molar-refractivity contribution in [2.75, 3.05) is 35.4 Å². The number of hydrogen-bond donors (Lipinski definition) is 2. The second-order valence-corrected chi connectivity index (χ2v) is 12.2. The highest BCUT2D eigenvalue weighted by Gasteiger charge is 2.17. The van der Waals surface area contributed by atoms with E-state index >= 15 is 0 Å². The van der Waals surface area contributed by atoms with Crippen LogP contribution in [0.4, 0.5) is 11.6 Å². The third-order valence-electron chi connectivity index (χ3n) is 4.96. The molecule has 2 aromatic carbocycles. The zero-order chi connectivity index (χ0) is 27.2. The first-order valence-electron chi connectivity index (χ1n) is 11.8. The van der Waals surface area contributed by atoms with Gasteiger partial charge in [0.25, 0.3) is 0 Å². The second-order valence-electron chi connectivity index (χ2n) is 7.72. The normalized spacial score (nSPS) is 11.1. The molecular formula is C24H22N6O5S4. The standard InChI is InChI=1S/C24H22N6O5S4/c1-3-33-13-5-7-15-17(9-13)38-23(25-15)36-11-19(31)27-21-22(30-35-29-21)28-20(32)12-37-24-26-16-8-6-14(34-4-2)10-18(16)39-24/h5-10H,3-4,11-12H2,1-2H3,(H,27,29,31)(H,28,30,32). The molecule has 15 heteroatoms. The van der Waals surface area contributed by atoms with E-state index in [9.17, 15) is 9.59 Å². The van der Waals surface area contributed by atoms with E-state index in [1.807, 2.05) is 50.2 Å². The number of thioether (sulfide) groups is 2. The van der Waals surface area contributed by atoms with Crippen molar-refractivity contribution in [1.82, 2.24) is 20.3 Å². The van der Waals surface area contributed by atoms with Crippen molar-refractivity contribution in [1.29, 1.82) is 0 Å². The van der Waals surface area contributed by atoms with Crippen molar-refractivity contribution in [2.24, 2.45) is 0 Å². The molecule has 5 aromatic rings. The van der Waals surface area contributed by atoms with Crippen molar-refractivity contribution < 1.29 is 23.7 Å². The highest BCUT2D eigenvalue weighted by Crippen LogP contribution is 2.33. The number of hydrogen-bond acceptors (Lipinski definition) is 13. The molecule has 0 radical (unpaired) electrons. The Balaban J connectivity index is 1.12. The molecule has 11 nitrogen and oxygen atoms in total.